The van der Waals surface area contributed by atoms with E-state index in [1.165, 1.54) is 0 Å². The number of sulfone groups is 1. The summed E-state index contributed by atoms with van der Waals surface area (Å²) in [5, 5.41) is 4.47. The van der Waals surface area contributed by atoms with Gasteiger partial charge in [0.1, 0.15) is 5.75 Å². The highest BCUT2D eigenvalue weighted by molar-refractivity contribution is 7.91. The molecule has 142 valence electrons. The fourth-order valence-electron chi connectivity index (χ4n) is 3.14. The van der Waals surface area contributed by atoms with Crippen molar-refractivity contribution in [1.29, 1.82) is 0 Å². The average Bonchev–Trinajstić information content (AvgIpc) is 3.15. The molecular weight excluding hydrogens is 374 g/mol. The van der Waals surface area contributed by atoms with Crippen molar-refractivity contribution in [3.8, 4) is 5.75 Å². The molecule has 26 heavy (non-hydrogen) atoms. The van der Waals surface area contributed by atoms with E-state index in [1.54, 1.807) is 11.8 Å². The van der Waals surface area contributed by atoms with Crippen LogP contribution in [-0.2, 0) is 22.9 Å². The van der Waals surface area contributed by atoms with Crippen LogP contribution in [0.25, 0.3) is 0 Å². The van der Waals surface area contributed by atoms with Crippen molar-refractivity contribution in [3.63, 3.8) is 0 Å². The molecule has 0 amide bonds. The molecule has 7 nitrogen and oxygen atoms in total. The normalized spacial score (nSPS) is 19.1. The molecule has 1 aliphatic rings. The van der Waals surface area contributed by atoms with E-state index in [-0.39, 0.29) is 17.5 Å². The highest BCUT2D eigenvalue weighted by Gasteiger charge is 2.32. The molecular formula is C17H23N3O4S2. The second-order valence-electron chi connectivity index (χ2n) is 6.39. The fourth-order valence-corrected chi connectivity index (χ4v) is 5.09. The molecule has 3 rings (SSSR count). The fraction of sp³-hybridized carbons (Fsp3) is 0.529. The van der Waals surface area contributed by atoms with E-state index >= 15 is 0 Å². The molecule has 0 N–H and O–H groups in total. The van der Waals surface area contributed by atoms with Gasteiger partial charge >= 0.3 is 0 Å². The number of aromatic nitrogens is 2. The molecule has 1 aliphatic heterocycles. The summed E-state index contributed by atoms with van der Waals surface area (Å²) in [6, 6.07) is 7.70. The van der Waals surface area contributed by atoms with Gasteiger partial charge in [-0.25, -0.2) is 13.1 Å². The highest BCUT2D eigenvalue weighted by Crippen LogP contribution is 2.19. The third-order valence-electron chi connectivity index (χ3n) is 4.61. The molecule has 0 unspecified atom stereocenters. The first-order chi connectivity index (χ1) is 12.4. The minimum atomic E-state index is -2.93. The first kappa shape index (κ1) is 19.1. The third kappa shape index (κ3) is 4.52. The SMILES string of the molecule is CCN(Cn1nc(Cc2ccc(OC)cc2)oc1=S)[C@@H]1CCS(=O)(=O)C1. The predicted octanol–water partition coefficient (Wildman–Crippen LogP) is 2.27. The second kappa shape index (κ2) is 7.89. The van der Waals surface area contributed by atoms with E-state index in [9.17, 15) is 8.42 Å². The van der Waals surface area contributed by atoms with Crippen molar-refractivity contribution in [1.82, 2.24) is 14.7 Å². The van der Waals surface area contributed by atoms with Crippen LogP contribution in [0, 0.1) is 4.84 Å². The summed E-state index contributed by atoms with van der Waals surface area (Å²) >= 11 is 5.28. The molecule has 0 spiro atoms. The molecule has 9 heteroatoms. The summed E-state index contributed by atoms with van der Waals surface area (Å²) in [7, 11) is -1.30. The van der Waals surface area contributed by atoms with E-state index < -0.39 is 9.84 Å². The molecule has 1 fully saturated rings. The number of hydrogen-bond acceptors (Lipinski definition) is 7. The number of hydrogen-bond donors (Lipinski definition) is 0. The Balaban J connectivity index is 1.69. The summed E-state index contributed by atoms with van der Waals surface area (Å²) in [6.07, 6.45) is 1.19. The van der Waals surface area contributed by atoms with Crippen LogP contribution in [0.4, 0.5) is 0 Å². The molecule has 1 aromatic carbocycles. The largest absolute Gasteiger partial charge is 0.497 e. The highest BCUT2D eigenvalue weighted by atomic mass is 32.2. The van der Waals surface area contributed by atoms with Crippen LogP contribution in [0.1, 0.15) is 24.8 Å². The first-order valence-electron chi connectivity index (χ1n) is 8.54. The minimum Gasteiger partial charge on any atom is -0.497 e. The van der Waals surface area contributed by atoms with Gasteiger partial charge in [0.15, 0.2) is 9.84 Å². The number of rotatable bonds is 7. The average molecular weight is 398 g/mol. The molecule has 0 radical (unpaired) electrons. The van der Waals surface area contributed by atoms with Gasteiger partial charge < -0.3 is 9.15 Å². The Bertz CT molecular complexity index is 903. The van der Waals surface area contributed by atoms with Crippen LogP contribution in [0.15, 0.2) is 28.7 Å². The zero-order valence-electron chi connectivity index (χ0n) is 14.9. The molecule has 0 aliphatic carbocycles. The van der Waals surface area contributed by atoms with E-state index in [0.717, 1.165) is 17.9 Å². The second-order valence-corrected chi connectivity index (χ2v) is 8.97. The lowest BCUT2D eigenvalue weighted by molar-refractivity contribution is 0.162. The van der Waals surface area contributed by atoms with Crippen molar-refractivity contribution in [2.45, 2.75) is 32.5 Å². The van der Waals surface area contributed by atoms with Crippen LogP contribution >= 0.6 is 12.2 Å². The van der Waals surface area contributed by atoms with Gasteiger partial charge in [-0.15, -0.1) is 5.10 Å². The Kier molecular flexibility index (Phi) is 5.79. The van der Waals surface area contributed by atoms with E-state index in [0.29, 0.717) is 30.2 Å². The Hall–Kier alpha value is -1.71. The quantitative estimate of drug-likeness (QED) is 0.663. The van der Waals surface area contributed by atoms with E-state index in [4.69, 9.17) is 21.4 Å². The first-order valence-corrected chi connectivity index (χ1v) is 10.8. The predicted molar refractivity (Wildman–Crippen MR) is 101 cm³/mol. The van der Waals surface area contributed by atoms with Crippen molar-refractivity contribution in [2.24, 2.45) is 0 Å². The summed E-state index contributed by atoms with van der Waals surface area (Å²) in [4.78, 5) is 2.38. The molecule has 1 atom stereocenters. The molecule has 1 aromatic heterocycles. The van der Waals surface area contributed by atoms with Gasteiger partial charge in [-0.2, -0.15) is 0 Å². The summed E-state index contributed by atoms with van der Waals surface area (Å²) in [5.74, 6) is 1.78. The lowest BCUT2D eigenvalue weighted by Crippen LogP contribution is -2.37. The van der Waals surface area contributed by atoms with Gasteiger partial charge in [-0.1, -0.05) is 19.1 Å². The van der Waals surface area contributed by atoms with Crippen molar-refractivity contribution in [3.05, 3.63) is 40.6 Å². The summed E-state index contributed by atoms with van der Waals surface area (Å²) in [6.45, 7) is 3.16. The Morgan fingerprint density at radius 1 is 1.38 bits per heavy atom. The molecule has 0 bridgehead atoms. The molecule has 0 saturated carbocycles. The molecule has 1 saturated heterocycles. The van der Waals surface area contributed by atoms with Gasteiger partial charge in [0, 0.05) is 6.04 Å². The van der Waals surface area contributed by atoms with Gasteiger partial charge in [-0.05, 0) is 42.9 Å². The van der Waals surface area contributed by atoms with Gasteiger partial charge in [0.2, 0.25) is 5.89 Å². The Morgan fingerprint density at radius 2 is 2.12 bits per heavy atom. The molecule has 2 aromatic rings. The van der Waals surface area contributed by atoms with Crippen molar-refractivity contribution >= 4 is 22.1 Å². The number of nitrogens with zero attached hydrogens (tertiary/aromatic N) is 3. The maximum atomic E-state index is 11.7. The zero-order chi connectivity index (χ0) is 18.7. The van der Waals surface area contributed by atoms with Crippen molar-refractivity contribution < 1.29 is 17.6 Å². The van der Waals surface area contributed by atoms with Gasteiger partial charge in [0.05, 0.1) is 31.7 Å². The van der Waals surface area contributed by atoms with E-state index in [1.807, 2.05) is 31.2 Å². The van der Waals surface area contributed by atoms with Crippen LogP contribution in [0.5, 0.6) is 5.75 Å². The lowest BCUT2D eigenvalue weighted by atomic mass is 10.1. The van der Waals surface area contributed by atoms with Crippen LogP contribution in [-0.4, -0.2) is 54.3 Å². The Labute approximate surface area is 158 Å². The number of ether oxygens (including phenoxy) is 1. The van der Waals surface area contributed by atoms with E-state index in [2.05, 4.69) is 10.00 Å². The lowest BCUT2D eigenvalue weighted by Gasteiger charge is -2.25. The third-order valence-corrected chi connectivity index (χ3v) is 6.65. The number of methoxy groups -OCH3 is 1. The smallest absolute Gasteiger partial charge is 0.288 e. The standard InChI is InChI=1S/C17H23N3O4S2/c1-3-19(14-8-9-26(21,22)11-14)12-20-17(25)24-16(18-20)10-13-4-6-15(23-2)7-5-13/h4-7,14H,3,8-12H2,1-2H3/t14-/m1/s1. The topological polar surface area (TPSA) is 77.6 Å². The summed E-state index contributed by atoms with van der Waals surface area (Å²) < 4.78 is 35.9. The maximum absolute atomic E-state index is 11.7. The zero-order valence-corrected chi connectivity index (χ0v) is 16.6. The maximum Gasteiger partial charge on any atom is 0.288 e. The van der Waals surface area contributed by atoms with Crippen LogP contribution < -0.4 is 4.74 Å². The van der Waals surface area contributed by atoms with Crippen LogP contribution in [0.3, 0.4) is 0 Å². The summed E-state index contributed by atoms with van der Waals surface area (Å²) in [5.41, 5.74) is 1.04. The monoisotopic (exact) mass is 397 g/mol. The minimum absolute atomic E-state index is 0.00800. The van der Waals surface area contributed by atoms with Crippen LogP contribution in [0.2, 0.25) is 0 Å². The van der Waals surface area contributed by atoms with Crippen molar-refractivity contribution in [2.75, 3.05) is 25.2 Å². The van der Waals surface area contributed by atoms with Gasteiger partial charge in [-0.3, -0.25) is 4.90 Å². The Morgan fingerprint density at radius 3 is 2.69 bits per heavy atom. The number of benzene rings is 1. The van der Waals surface area contributed by atoms with Gasteiger partial charge in [0.25, 0.3) is 4.84 Å². The molecule has 2 heterocycles.